The molecule has 1 rings (SSSR count). The minimum Gasteiger partial charge on any atom is -0.476 e. The van der Waals surface area contributed by atoms with E-state index in [9.17, 15) is 4.79 Å². The molecule has 16 heavy (non-hydrogen) atoms. The first-order valence-corrected chi connectivity index (χ1v) is 5.21. The molecule has 0 aliphatic rings. The molecular weight excluding hydrogens is 212 g/mol. The number of carboxylic acids is 1. The fraction of sp³-hybridized carbons (Fsp3) is 0.600. The summed E-state index contributed by atoms with van der Waals surface area (Å²) in [7, 11) is 0. The number of carbonyl (C=O) groups is 1. The predicted molar refractivity (Wildman–Crippen MR) is 56.3 cm³/mol. The van der Waals surface area contributed by atoms with E-state index < -0.39 is 5.97 Å². The summed E-state index contributed by atoms with van der Waals surface area (Å²) in [6.45, 7) is 4.68. The molecule has 0 radical (unpaired) electrons. The predicted octanol–water partition coefficient (Wildman–Crippen LogP) is 0.889. The molecule has 1 aromatic rings. The van der Waals surface area contributed by atoms with Crippen LogP contribution in [0.15, 0.2) is 10.6 Å². The van der Waals surface area contributed by atoms with Crippen LogP contribution >= 0.6 is 0 Å². The second-order valence-corrected chi connectivity index (χ2v) is 3.21. The van der Waals surface area contributed by atoms with Crippen molar-refractivity contribution in [2.24, 2.45) is 0 Å². The van der Waals surface area contributed by atoms with E-state index in [0.29, 0.717) is 12.3 Å². The Labute approximate surface area is 93.6 Å². The lowest BCUT2D eigenvalue weighted by Crippen LogP contribution is -2.16. The van der Waals surface area contributed by atoms with Gasteiger partial charge in [-0.15, -0.1) is 0 Å². The Bertz CT molecular complexity index is 324. The van der Waals surface area contributed by atoms with E-state index in [1.54, 1.807) is 0 Å². The Morgan fingerprint density at radius 2 is 2.50 bits per heavy atom. The van der Waals surface area contributed by atoms with Crippen LogP contribution in [-0.2, 0) is 11.3 Å². The number of hydrogen-bond donors (Lipinski definition) is 2. The highest BCUT2D eigenvalue weighted by atomic mass is 16.5. The van der Waals surface area contributed by atoms with E-state index in [1.807, 2.05) is 6.92 Å². The highest BCUT2D eigenvalue weighted by molar-refractivity contribution is 5.85. The average molecular weight is 228 g/mol. The Balaban J connectivity index is 2.14. The van der Waals surface area contributed by atoms with Crippen molar-refractivity contribution in [3.8, 4) is 0 Å². The highest BCUT2D eigenvalue weighted by Gasteiger charge is 2.09. The lowest BCUT2D eigenvalue weighted by Gasteiger charge is -2.01. The molecular formula is C10H16N2O4. The van der Waals surface area contributed by atoms with Gasteiger partial charge in [0, 0.05) is 19.3 Å². The van der Waals surface area contributed by atoms with Gasteiger partial charge in [0.15, 0.2) is 11.5 Å². The normalized spacial score (nSPS) is 10.6. The van der Waals surface area contributed by atoms with Crippen molar-refractivity contribution >= 4 is 5.97 Å². The largest absolute Gasteiger partial charge is 0.476 e. The summed E-state index contributed by atoms with van der Waals surface area (Å²) in [5.41, 5.74) is -0.0638. The summed E-state index contributed by atoms with van der Waals surface area (Å²) in [5.74, 6) is -0.555. The summed E-state index contributed by atoms with van der Waals surface area (Å²) in [5, 5.41) is 15.1. The molecule has 0 atom stereocenters. The Kier molecular flexibility index (Phi) is 5.52. The molecule has 90 valence electrons. The standard InChI is InChI=1S/C10H16N2O4/c1-2-15-5-3-4-11-7-8-6-9(10(13)14)12-16-8/h6,11H,2-5,7H2,1H3,(H,13,14). The maximum absolute atomic E-state index is 10.5. The molecule has 1 aromatic heterocycles. The fourth-order valence-corrected chi connectivity index (χ4v) is 1.15. The van der Waals surface area contributed by atoms with Crippen molar-refractivity contribution in [3.05, 3.63) is 17.5 Å². The number of nitrogens with zero attached hydrogens (tertiary/aromatic N) is 1. The van der Waals surface area contributed by atoms with Gasteiger partial charge in [-0.2, -0.15) is 0 Å². The van der Waals surface area contributed by atoms with Crippen LogP contribution in [0, 0.1) is 0 Å². The molecule has 0 bridgehead atoms. The minimum atomic E-state index is -1.08. The van der Waals surface area contributed by atoms with Crippen LogP contribution in [0.25, 0.3) is 0 Å². The van der Waals surface area contributed by atoms with Crippen molar-refractivity contribution in [1.82, 2.24) is 10.5 Å². The Hall–Kier alpha value is -1.40. The number of hydrogen-bond acceptors (Lipinski definition) is 5. The second kappa shape index (κ2) is 6.97. The molecule has 0 amide bonds. The zero-order chi connectivity index (χ0) is 11.8. The van der Waals surface area contributed by atoms with Crippen LogP contribution in [-0.4, -0.2) is 36.0 Å². The zero-order valence-electron chi connectivity index (χ0n) is 9.23. The van der Waals surface area contributed by atoms with Gasteiger partial charge in [-0.1, -0.05) is 5.16 Å². The number of ether oxygens (including phenoxy) is 1. The second-order valence-electron chi connectivity index (χ2n) is 3.21. The van der Waals surface area contributed by atoms with Crippen molar-refractivity contribution in [2.75, 3.05) is 19.8 Å². The van der Waals surface area contributed by atoms with Gasteiger partial charge in [-0.25, -0.2) is 4.79 Å². The van der Waals surface area contributed by atoms with Gasteiger partial charge in [-0.05, 0) is 19.9 Å². The van der Waals surface area contributed by atoms with E-state index in [0.717, 1.165) is 26.2 Å². The smallest absolute Gasteiger partial charge is 0.358 e. The maximum Gasteiger partial charge on any atom is 0.358 e. The van der Waals surface area contributed by atoms with Crippen LogP contribution < -0.4 is 5.32 Å². The quantitative estimate of drug-likeness (QED) is 0.643. The number of aromatic nitrogens is 1. The molecule has 2 N–H and O–H groups in total. The number of rotatable bonds is 8. The van der Waals surface area contributed by atoms with Gasteiger partial charge >= 0.3 is 5.97 Å². The van der Waals surface area contributed by atoms with Crippen molar-refractivity contribution in [2.45, 2.75) is 19.9 Å². The van der Waals surface area contributed by atoms with Gasteiger partial charge in [0.05, 0.1) is 6.54 Å². The van der Waals surface area contributed by atoms with E-state index >= 15 is 0 Å². The maximum atomic E-state index is 10.5. The van der Waals surface area contributed by atoms with Gasteiger partial charge in [0.2, 0.25) is 0 Å². The third-order valence-corrected chi connectivity index (χ3v) is 1.92. The van der Waals surface area contributed by atoms with E-state index in [1.165, 1.54) is 6.07 Å². The molecule has 0 aliphatic heterocycles. The molecule has 6 heteroatoms. The number of carboxylic acid groups (broad SMARTS) is 1. The van der Waals surface area contributed by atoms with E-state index in [4.69, 9.17) is 14.4 Å². The third kappa shape index (κ3) is 4.41. The fourth-order valence-electron chi connectivity index (χ4n) is 1.15. The average Bonchev–Trinajstić information content (AvgIpc) is 2.72. The van der Waals surface area contributed by atoms with Crippen LogP contribution in [0.4, 0.5) is 0 Å². The zero-order valence-corrected chi connectivity index (χ0v) is 9.23. The van der Waals surface area contributed by atoms with E-state index in [-0.39, 0.29) is 5.69 Å². The molecule has 0 saturated carbocycles. The summed E-state index contributed by atoms with van der Waals surface area (Å²) in [6, 6.07) is 1.41. The van der Waals surface area contributed by atoms with Gasteiger partial charge in [0.25, 0.3) is 0 Å². The summed E-state index contributed by atoms with van der Waals surface area (Å²) in [6.07, 6.45) is 0.910. The lowest BCUT2D eigenvalue weighted by molar-refractivity contribution is 0.0685. The summed E-state index contributed by atoms with van der Waals surface area (Å²) in [4.78, 5) is 10.5. The van der Waals surface area contributed by atoms with Gasteiger partial charge in [-0.3, -0.25) is 0 Å². The van der Waals surface area contributed by atoms with Crippen LogP contribution in [0.1, 0.15) is 29.6 Å². The molecule has 0 aromatic carbocycles. The molecule has 0 aliphatic carbocycles. The lowest BCUT2D eigenvalue weighted by atomic mass is 10.3. The first kappa shape index (κ1) is 12.7. The van der Waals surface area contributed by atoms with Gasteiger partial charge in [0.1, 0.15) is 0 Å². The van der Waals surface area contributed by atoms with Crippen LogP contribution in [0.3, 0.4) is 0 Å². The topological polar surface area (TPSA) is 84.6 Å². The van der Waals surface area contributed by atoms with Crippen LogP contribution in [0.2, 0.25) is 0 Å². The molecule has 0 saturated heterocycles. The van der Waals surface area contributed by atoms with Crippen molar-refractivity contribution in [1.29, 1.82) is 0 Å². The monoisotopic (exact) mass is 228 g/mol. The first-order valence-electron chi connectivity index (χ1n) is 5.21. The highest BCUT2D eigenvalue weighted by Crippen LogP contribution is 2.02. The molecule has 0 spiro atoms. The Morgan fingerprint density at radius 1 is 1.69 bits per heavy atom. The first-order chi connectivity index (χ1) is 7.74. The van der Waals surface area contributed by atoms with Crippen LogP contribution in [0.5, 0.6) is 0 Å². The number of aromatic carboxylic acids is 1. The van der Waals surface area contributed by atoms with Crippen molar-refractivity contribution in [3.63, 3.8) is 0 Å². The van der Waals surface area contributed by atoms with E-state index in [2.05, 4.69) is 10.5 Å². The molecule has 0 fully saturated rings. The SMILES string of the molecule is CCOCCCNCc1cc(C(=O)O)no1. The molecule has 1 heterocycles. The Morgan fingerprint density at radius 3 is 3.12 bits per heavy atom. The molecule has 6 nitrogen and oxygen atoms in total. The minimum absolute atomic E-state index is 0.0638. The summed E-state index contributed by atoms with van der Waals surface area (Å²) >= 11 is 0. The summed E-state index contributed by atoms with van der Waals surface area (Å²) < 4.78 is 10.00. The molecule has 0 unspecified atom stereocenters. The third-order valence-electron chi connectivity index (χ3n) is 1.92. The number of nitrogens with one attached hydrogen (secondary N) is 1. The van der Waals surface area contributed by atoms with Crippen molar-refractivity contribution < 1.29 is 19.2 Å². The van der Waals surface area contributed by atoms with Gasteiger partial charge < -0.3 is 19.7 Å².